The maximum absolute atomic E-state index is 12.5. The van der Waals surface area contributed by atoms with Crippen molar-refractivity contribution in [2.45, 2.75) is 0 Å². The Hall–Kier alpha value is -3.71. The van der Waals surface area contributed by atoms with Crippen molar-refractivity contribution in [2.75, 3.05) is 0 Å². The molecule has 0 unspecified atom stereocenters. The van der Waals surface area contributed by atoms with Gasteiger partial charge in [-0.2, -0.15) is 9.61 Å². The number of aromatic amines is 1. The highest BCUT2D eigenvalue weighted by atomic mass is 35.5. The van der Waals surface area contributed by atoms with E-state index in [1.807, 2.05) is 6.07 Å². The van der Waals surface area contributed by atoms with E-state index in [-0.39, 0.29) is 12.4 Å². The van der Waals surface area contributed by atoms with E-state index in [1.54, 1.807) is 71.5 Å². The van der Waals surface area contributed by atoms with Gasteiger partial charge in [0.15, 0.2) is 5.65 Å². The van der Waals surface area contributed by atoms with Gasteiger partial charge in [0.05, 0.1) is 17.8 Å². The van der Waals surface area contributed by atoms with E-state index in [0.717, 1.165) is 5.65 Å². The summed E-state index contributed by atoms with van der Waals surface area (Å²) in [4.78, 5) is 24.0. The fourth-order valence-electron chi connectivity index (χ4n) is 2.51. The number of nitrogens with zero attached hydrogens (tertiary/aromatic N) is 4. The minimum absolute atomic E-state index is 0. The summed E-state index contributed by atoms with van der Waals surface area (Å²) in [5, 5.41) is 4.80. The lowest BCUT2D eigenvalue weighted by atomic mass is 10.3. The third-order valence-electron chi connectivity index (χ3n) is 3.74. The molecule has 1 aromatic carbocycles. The molecule has 0 spiro atoms. The van der Waals surface area contributed by atoms with Crippen LogP contribution in [-0.4, -0.2) is 24.6 Å². The molecule has 4 rings (SSSR count). The van der Waals surface area contributed by atoms with Crippen molar-refractivity contribution in [2.24, 2.45) is 0 Å². The monoisotopic (exact) mass is 393 g/mol. The maximum atomic E-state index is 12.5. The Morgan fingerprint density at radius 1 is 0.964 bits per heavy atom. The molecule has 2 bridgehead atoms. The van der Waals surface area contributed by atoms with Gasteiger partial charge in [-0.05, 0) is 30.3 Å². The van der Waals surface area contributed by atoms with Gasteiger partial charge in [0.1, 0.15) is 16.7 Å². The van der Waals surface area contributed by atoms with Crippen LogP contribution in [0.5, 0.6) is 0 Å². The van der Waals surface area contributed by atoms with Crippen molar-refractivity contribution in [1.29, 1.82) is 0 Å². The summed E-state index contributed by atoms with van der Waals surface area (Å²) in [5.74, 6) is 0. The van der Waals surface area contributed by atoms with Gasteiger partial charge in [0, 0.05) is 18.5 Å². The molecule has 140 valence electrons. The normalized spacial score (nSPS) is 10.0. The van der Waals surface area contributed by atoms with Crippen molar-refractivity contribution in [3.05, 3.63) is 95.9 Å². The lowest BCUT2D eigenvalue weighted by Gasteiger charge is -1.93. The predicted octanol–water partition coefficient (Wildman–Crippen LogP) is 3.94. The summed E-state index contributed by atoms with van der Waals surface area (Å²) in [5.41, 5.74) is 1.94. The van der Waals surface area contributed by atoms with Crippen LogP contribution in [0, 0.1) is 0 Å². The quantitative estimate of drug-likeness (QED) is 0.488. The maximum Gasteiger partial charge on any atom is 0.280 e. The number of hydrogen-bond acceptors (Lipinski definition) is 5. The standard InChI is InChI=1S/C20H15N5O2.ClH/c26-20-16-7-3-4-8-17(16)27-12-6-2-1-5-10-21-18-9-11-22-19-13-15(14-23-20)24-25(18)19;/h1-14,22H;1H. The summed E-state index contributed by atoms with van der Waals surface area (Å²) in [6.45, 7) is 0. The van der Waals surface area contributed by atoms with Gasteiger partial charge in [0.2, 0.25) is 0 Å². The highest BCUT2D eigenvalue weighted by Gasteiger charge is 1.99. The van der Waals surface area contributed by atoms with E-state index in [9.17, 15) is 4.79 Å². The number of H-pyrrole nitrogens is 1. The fourth-order valence-corrected chi connectivity index (χ4v) is 2.51. The zero-order valence-corrected chi connectivity index (χ0v) is 15.4. The molecule has 28 heavy (non-hydrogen) atoms. The minimum atomic E-state index is -0.411. The zero-order chi connectivity index (χ0) is 18.5. The molecule has 3 aromatic heterocycles. The minimum Gasteiger partial charge on any atom is -0.464 e. The lowest BCUT2D eigenvalue weighted by Crippen LogP contribution is -2.01. The number of benzene rings is 1. The molecule has 3 heterocycles. The Labute approximate surface area is 165 Å². The second kappa shape index (κ2) is 8.79. The number of rotatable bonds is 0. The summed E-state index contributed by atoms with van der Waals surface area (Å²) in [6.07, 6.45) is 6.38. The van der Waals surface area contributed by atoms with E-state index >= 15 is 0 Å². The Morgan fingerprint density at radius 3 is 2.75 bits per heavy atom. The van der Waals surface area contributed by atoms with Crippen LogP contribution < -0.4 is 5.56 Å². The fraction of sp³-hybridized carbons (Fsp3) is 0. The van der Waals surface area contributed by atoms with Crippen LogP contribution in [0.2, 0.25) is 0 Å². The Balaban J connectivity index is 0.00000225. The van der Waals surface area contributed by atoms with Crippen LogP contribution in [0.1, 0.15) is 0 Å². The van der Waals surface area contributed by atoms with E-state index in [0.29, 0.717) is 22.1 Å². The van der Waals surface area contributed by atoms with E-state index in [4.69, 9.17) is 4.42 Å². The third-order valence-corrected chi connectivity index (χ3v) is 3.74. The van der Waals surface area contributed by atoms with Crippen molar-refractivity contribution in [1.82, 2.24) is 24.6 Å². The highest BCUT2D eigenvalue weighted by molar-refractivity contribution is 5.85. The molecular weight excluding hydrogens is 378 g/mol. The molecule has 7 nitrogen and oxygen atoms in total. The van der Waals surface area contributed by atoms with Crippen molar-refractivity contribution in [3.63, 3.8) is 0 Å². The summed E-state index contributed by atoms with van der Waals surface area (Å²) in [7, 11) is 0. The zero-order valence-electron chi connectivity index (χ0n) is 14.6. The SMILES string of the molecule is Cl.O=c1ncc2cc3[nH]ccc(nccccccoc4ccccc14)n3n2. The van der Waals surface area contributed by atoms with Crippen LogP contribution in [0.3, 0.4) is 0 Å². The Bertz CT molecular complexity index is 1320. The molecule has 8 heteroatoms. The first-order valence-corrected chi connectivity index (χ1v) is 8.25. The predicted molar refractivity (Wildman–Crippen MR) is 110 cm³/mol. The van der Waals surface area contributed by atoms with E-state index in [2.05, 4.69) is 20.1 Å². The number of para-hydroxylation sites is 1. The molecule has 0 saturated carbocycles. The van der Waals surface area contributed by atoms with Gasteiger partial charge in [-0.1, -0.05) is 24.3 Å². The van der Waals surface area contributed by atoms with Gasteiger partial charge >= 0.3 is 0 Å². The average molecular weight is 394 g/mol. The van der Waals surface area contributed by atoms with Crippen LogP contribution in [0.15, 0.2) is 94.7 Å². The highest BCUT2D eigenvalue weighted by Crippen LogP contribution is 2.07. The largest absolute Gasteiger partial charge is 0.464 e. The molecule has 0 atom stereocenters. The van der Waals surface area contributed by atoms with Crippen molar-refractivity contribution >= 4 is 40.2 Å². The summed E-state index contributed by atoms with van der Waals surface area (Å²) in [6, 6.07) is 17.7. The molecule has 0 radical (unpaired) electrons. The van der Waals surface area contributed by atoms with Gasteiger partial charge in [-0.25, -0.2) is 9.97 Å². The molecule has 1 N–H and O–H groups in total. The number of halogens is 1. The molecule has 0 fully saturated rings. The van der Waals surface area contributed by atoms with Crippen molar-refractivity contribution < 1.29 is 4.42 Å². The molecule has 0 amide bonds. The number of aromatic nitrogens is 5. The number of hydrogen-bond donors (Lipinski definition) is 1. The Morgan fingerprint density at radius 2 is 1.82 bits per heavy atom. The van der Waals surface area contributed by atoms with Gasteiger partial charge in [-0.3, -0.25) is 4.79 Å². The van der Waals surface area contributed by atoms with Crippen LogP contribution >= 0.6 is 12.4 Å². The topological polar surface area (TPSA) is 89.1 Å². The van der Waals surface area contributed by atoms with Crippen LogP contribution in [0.25, 0.3) is 27.8 Å². The summed E-state index contributed by atoms with van der Waals surface area (Å²) < 4.78 is 7.21. The van der Waals surface area contributed by atoms with Gasteiger partial charge in [-0.15, -0.1) is 12.4 Å². The third kappa shape index (κ3) is 4.16. The molecule has 0 aliphatic carbocycles. The first kappa shape index (κ1) is 19.1. The van der Waals surface area contributed by atoms with Gasteiger partial charge < -0.3 is 9.40 Å². The number of nitrogens with one attached hydrogen (secondary N) is 1. The van der Waals surface area contributed by atoms with Crippen LogP contribution in [0.4, 0.5) is 0 Å². The first-order valence-electron chi connectivity index (χ1n) is 8.25. The molecule has 0 aliphatic rings. The first-order chi connectivity index (χ1) is 13.3. The molecular formula is C20H16ClN5O2. The summed E-state index contributed by atoms with van der Waals surface area (Å²) >= 11 is 0. The lowest BCUT2D eigenvalue weighted by molar-refractivity contribution is 0.606. The molecule has 0 aliphatic heterocycles. The Kier molecular flexibility index (Phi) is 5.98. The van der Waals surface area contributed by atoms with E-state index < -0.39 is 5.56 Å². The molecule has 0 saturated heterocycles. The average Bonchev–Trinajstić information content (AvgIpc) is 3.12. The molecule has 4 aromatic rings. The second-order valence-corrected chi connectivity index (χ2v) is 5.56. The number of fused-ring (bicyclic) bond motifs is 2. The van der Waals surface area contributed by atoms with Crippen LogP contribution in [-0.2, 0) is 0 Å². The van der Waals surface area contributed by atoms with Crippen molar-refractivity contribution in [3.8, 4) is 0 Å². The van der Waals surface area contributed by atoms with E-state index in [1.165, 1.54) is 12.5 Å². The van der Waals surface area contributed by atoms with Gasteiger partial charge in [0.25, 0.3) is 5.56 Å². The smallest absolute Gasteiger partial charge is 0.280 e. The second-order valence-electron chi connectivity index (χ2n) is 5.56.